The molecule has 0 saturated carbocycles. The summed E-state index contributed by atoms with van der Waals surface area (Å²) in [6, 6.07) is 20.0. The van der Waals surface area contributed by atoms with Crippen LogP contribution >= 0.6 is 34.8 Å². The highest BCUT2D eigenvalue weighted by atomic mass is 127. The zero-order valence-electron chi connectivity index (χ0n) is 23.8. The van der Waals surface area contributed by atoms with E-state index in [2.05, 4.69) is 43.8 Å². The summed E-state index contributed by atoms with van der Waals surface area (Å²) in [5.74, 6) is 0.635. The van der Waals surface area contributed by atoms with Gasteiger partial charge in [-0.2, -0.15) is 5.10 Å². The Morgan fingerprint density at radius 1 is 1.07 bits per heavy atom. The first-order valence-corrected chi connectivity index (χ1v) is 14.8. The molecule has 0 aliphatic carbocycles. The monoisotopic (exact) mass is 714 g/mol. The summed E-state index contributed by atoms with van der Waals surface area (Å²) >= 11 is 7.49. The molecule has 0 saturated heterocycles. The zero-order valence-corrected chi connectivity index (χ0v) is 26.8. The van der Waals surface area contributed by atoms with Crippen LogP contribution in [0.15, 0.2) is 83.1 Å². The van der Waals surface area contributed by atoms with Crippen molar-refractivity contribution >= 4 is 58.0 Å². The molecule has 224 valence electrons. The van der Waals surface area contributed by atoms with E-state index >= 15 is 0 Å². The fraction of sp³-hybridized carbons (Fsp3) is 0.226. The molecule has 1 heterocycles. The quantitative estimate of drug-likeness (QED) is 0.0803. The van der Waals surface area contributed by atoms with Gasteiger partial charge >= 0.3 is 5.97 Å². The Hall–Kier alpha value is -4.17. The zero-order chi connectivity index (χ0) is 30.8. The Balaban J connectivity index is 1.40. The van der Waals surface area contributed by atoms with Crippen LogP contribution in [0.5, 0.6) is 17.2 Å². The summed E-state index contributed by atoms with van der Waals surface area (Å²) in [7, 11) is 1.57. The maximum Gasteiger partial charge on any atom is 0.338 e. The standard InChI is InChI=1S/C31H31IN4O6S/c1-4-40-30(38)27-19(2)34-31(43)35-28(27)22-12-8-9-13-24(22)41-18-26(37)36-33-16-21-14-23(32)29(25(15-21)39-3)42-17-20-10-6-5-7-11-20/h5-16,28H,4,17-18H2,1-3H3,(H,36,37)(H2,34,35,43)/t28-/m0/s1. The average molecular weight is 715 g/mol. The number of ether oxygens (including phenoxy) is 4. The highest BCUT2D eigenvalue weighted by molar-refractivity contribution is 14.1. The van der Waals surface area contributed by atoms with Gasteiger partial charge in [-0.3, -0.25) is 4.79 Å². The lowest BCUT2D eigenvalue weighted by atomic mass is 9.95. The Kier molecular flexibility index (Phi) is 11.3. The lowest BCUT2D eigenvalue weighted by Crippen LogP contribution is -2.45. The number of benzene rings is 3. The normalized spacial score (nSPS) is 14.5. The van der Waals surface area contributed by atoms with E-state index in [0.29, 0.717) is 51.4 Å². The first-order valence-electron chi connectivity index (χ1n) is 13.3. The number of allylic oxidation sites excluding steroid dienone is 1. The number of carbonyl (C=O) groups excluding carboxylic acids is 2. The Bertz CT molecular complexity index is 1550. The minimum Gasteiger partial charge on any atom is -0.493 e. The third kappa shape index (κ3) is 8.45. The van der Waals surface area contributed by atoms with Gasteiger partial charge in [-0.1, -0.05) is 48.5 Å². The molecule has 0 aromatic heterocycles. The van der Waals surface area contributed by atoms with Crippen LogP contribution in [0, 0.1) is 3.57 Å². The SMILES string of the molecule is CCOC(=O)C1=C(C)NC(=S)N[C@H]1c1ccccc1OCC(=O)NN=Cc1cc(I)c(OCc2ccccc2)c(OC)c1. The molecule has 3 aromatic carbocycles. The van der Waals surface area contributed by atoms with Crippen LogP contribution in [-0.2, 0) is 20.9 Å². The van der Waals surface area contributed by atoms with Gasteiger partial charge in [0.2, 0.25) is 0 Å². The van der Waals surface area contributed by atoms with E-state index in [1.54, 1.807) is 45.2 Å². The van der Waals surface area contributed by atoms with Crippen molar-refractivity contribution in [1.82, 2.24) is 16.1 Å². The maximum atomic E-state index is 12.7. The highest BCUT2D eigenvalue weighted by Crippen LogP contribution is 2.35. The molecular formula is C31H31IN4O6S. The van der Waals surface area contributed by atoms with E-state index < -0.39 is 17.9 Å². The van der Waals surface area contributed by atoms with Gasteiger partial charge in [0.05, 0.1) is 35.1 Å². The number of rotatable bonds is 12. The number of halogens is 1. The molecule has 0 fully saturated rings. The summed E-state index contributed by atoms with van der Waals surface area (Å²) in [5, 5.41) is 10.5. The second kappa shape index (κ2) is 15.3. The second-order valence-corrected chi connectivity index (χ2v) is 10.8. The van der Waals surface area contributed by atoms with Gasteiger partial charge in [0.15, 0.2) is 23.2 Å². The summed E-state index contributed by atoms with van der Waals surface area (Å²) in [4.78, 5) is 25.3. The summed E-state index contributed by atoms with van der Waals surface area (Å²) < 4.78 is 23.5. The number of nitrogens with one attached hydrogen (secondary N) is 3. The molecule has 4 rings (SSSR count). The van der Waals surface area contributed by atoms with E-state index in [1.165, 1.54) is 6.21 Å². The third-order valence-corrected chi connectivity index (χ3v) is 7.26. The van der Waals surface area contributed by atoms with E-state index in [9.17, 15) is 9.59 Å². The van der Waals surface area contributed by atoms with Gasteiger partial charge in [0.1, 0.15) is 12.4 Å². The fourth-order valence-corrected chi connectivity index (χ4v) is 5.35. The molecule has 0 bridgehead atoms. The topological polar surface area (TPSA) is 120 Å². The molecule has 10 nitrogen and oxygen atoms in total. The number of carbonyl (C=O) groups is 2. The minimum atomic E-state index is -0.623. The van der Waals surface area contributed by atoms with E-state index in [0.717, 1.165) is 9.13 Å². The van der Waals surface area contributed by atoms with Crippen LogP contribution in [-0.4, -0.2) is 43.5 Å². The van der Waals surface area contributed by atoms with Gasteiger partial charge in [-0.25, -0.2) is 10.2 Å². The van der Waals surface area contributed by atoms with Crippen LogP contribution in [0.2, 0.25) is 0 Å². The number of nitrogens with zero attached hydrogens (tertiary/aromatic N) is 1. The Morgan fingerprint density at radius 3 is 2.56 bits per heavy atom. The first kappa shape index (κ1) is 31.8. The van der Waals surface area contributed by atoms with Crippen molar-refractivity contribution in [2.75, 3.05) is 20.3 Å². The highest BCUT2D eigenvalue weighted by Gasteiger charge is 2.32. The molecule has 12 heteroatoms. The molecule has 3 N–H and O–H groups in total. The second-order valence-electron chi connectivity index (χ2n) is 9.22. The molecular weight excluding hydrogens is 683 g/mol. The largest absolute Gasteiger partial charge is 0.493 e. The fourth-order valence-electron chi connectivity index (χ4n) is 4.30. The van der Waals surface area contributed by atoms with Crippen molar-refractivity contribution < 1.29 is 28.5 Å². The third-order valence-electron chi connectivity index (χ3n) is 6.23. The van der Waals surface area contributed by atoms with Gasteiger partial charge in [-0.15, -0.1) is 0 Å². The first-order chi connectivity index (χ1) is 20.8. The van der Waals surface area contributed by atoms with Crippen molar-refractivity contribution in [3.8, 4) is 17.2 Å². The number of amides is 1. The van der Waals surface area contributed by atoms with E-state index in [1.807, 2.05) is 42.5 Å². The van der Waals surface area contributed by atoms with Crippen LogP contribution in [0.4, 0.5) is 0 Å². The number of hydrogen-bond donors (Lipinski definition) is 3. The number of thiocarbonyl (C=S) groups is 1. The molecule has 1 atom stereocenters. The number of para-hydroxylation sites is 1. The van der Waals surface area contributed by atoms with Gasteiger partial charge in [-0.05, 0) is 78.0 Å². The number of methoxy groups -OCH3 is 1. The lowest BCUT2D eigenvalue weighted by molar-refractivity contribution is -0.139. The van der Waals surface area contributed by atoms with Crippen molar-refractivity contribution in [3.05, 3.63) is 98.3 Å². The molecule has 43 heavy (non-hydrogen) atoms. The predicted octanol–water partition coefficient (Wildman–Crippen LogP) is 4.76. The molecule has 1 amide bonds. The minimum absolute atomic E-state index is 0.226. The maximum absolute atomic E-state index is 12.7. The van der Waals surface area contributed by atoms with Crippen LogP contribution in [0.1, 0.15) is 36.6 Å². The average Bonchev–Trinajstić information content (AvgIpc) is 2.99. The molecule has 0 unspecified atom stereocenters. The van der Waals surface area contributed by atoms with E-state index in [4.69, 9.17) is 31.2 Å². The molecule has 0 spiro atoms. The molecule has 0 radical (unpaired) electrons. The Morgan fingerprint density at radius 2 is 1.81 bits per heavy atom. The predicted molar refractivity (Wildman–Crippen MR) is 175 cm³/mol. The van der Waals surface area contributed by atoms with Gasteiger partial charge in [0, 0.05) is 11.3 Å². The van der Waals surface area contributed by atoms with Crippen LogP contribution in [0.3, 0.4) is 0 Å². The van der Waals surface area contributed by atoms with Crippen molar-refractivity contribution in [2.24, 2.45) is 5.10 Å². The lowest BCUT2D eigenvalue weighted by Gasteiger charge is -2.30. The number of esters is 1. The molecule has 3 aromatic rings. The van der Waals surface area contributed by atoms with Crippen LogP contribution < -0.4 is 30.3 Å². The van der Waals surface area contributed by atoms with E-state index in [-0.39, 0.29) is 13.2 Å². The Labute approximate surface area is 269 Å². The van der Waals surface area contributed by atoms with Gasteiger partial charge in [0.25, 0.3) is 5.91 Å². The van der Waals surface area contributed by atoms with Gasteiger partial charge < -0.3 is 29.6 Å². The molecule has 1 aliphatic heterocycles. The van der Waals surface area contributed by atoms with Crippen molar-refractivity contribution in [2.45, 2.75) is 26.5 Å². The number of hydrogen-bond acceptors (Lipinski definition) is 8. The smallest absolute Gasteiger partial charge is 0.338 e. The van der Waals surface area contributed by atoms with Crippen molar-refractivity contribution in [1.29, 1.82) is 0 Å². The van der Waals surface area contributed by atoms with Crippen LogP contribution in [0.25, 0.3) is 0 Å². The summed E-state index contributed by atoms with van der Waals surface area (Å²) in [6.07, 6.45) is 1.51. The summed E-state index contributed by atoms with van der Waals surface area (Å²) in [6.45, 7) is 3.81. The summed E-state index contributed by atoms with van der Waals surface area (Å²) in [5.41, 5.74) is 5.81. The van der Waals surface area contributed by atoms with Crippen molar-refractivity contribution in [3.63, 3.8) is 0 Å². The molecule has 1 aliphatic rings. The number of hydrazone groups is 1.